The lowest BCUT2D eigenvalue weighted by Gasteiger charge is -2.39. The molecule has 2 N–H and O–H groups in total. The highest BCUT2D eigenvalue weighted by Crippen LogP contribution is 2.37. The Balaban J connectivity index is 1.62. The molecule has 1 aromatic rings. The first-order valence-electron chi connectivity index (χ1n) is 9.50. The van der Waals surface area contributed by atoms with E-state index in [1.165, 1.54) is 18.2 Å². The fraction of sp³-hybridized carbons (Fsp3) is 0.600. The molecule has 5 nitrogen and oxygen atoms in total. The summed E-state index contributed by atoms with van der Waals surface area (Å²) in [5, 5.41) is 6.36. The fourth-order valence-electron chi connectivity index (χ4n) is 3.85. The molecule has 0 unspecified atom stereocenters. The highest BCUT2D eigenvalue weighted by molar-refractivity contribution is 8.00. The third-order valence-corrected chi connectivity index (χ3v) is 6.44. The molecular formula is C20H29N3O2S. The molecule has 2 saturated heterocycles. The van der Waals surface area contributed by atoms with Crippen molar-refractivity contribution in [3.05, 3.63) is 29.8 Å². The number of hydrogen-bond acceptors (Lipinski definition) is 4. The van der Waals surface area contributed by atoms with Crippen molar-refractivity contribution in [3.63, 3.8) is 0 Å². The minimum absolute atomic E-state index is 0.000833. The zero-order chi connectivity index (χ0) is 18.6. The Labute approximate surface area is 160 Å². The predicted molar refractivity (Wildman–Crippen MR) is 106 cm³/mol. The van der Waals surface area contributed by atoms with E-state index in [1.807, 2.05) is 43.0 Å². The summed E-state index contributed by atoms with van der Waals surface area (Å²) in [7, 11) is 0. The normalized spacial score (nSPS) is 19.1. The number of carbonyl (C=O) groups excluding carboxylic acids is 2. The van der Waals surface area contributed by atoms with E-state index in [4.69, 9.17) is 0 Å². The molecule has 2 aliphatic heterocycles. The van der Waals surface area contributed by atoms with Gasteiger partial charge in [-0.15, -0.1) is 11.8 Å². The van der Waals surface area contributed by atoms with E-state index >= 15 is 0 Å². The molecule has 2 fully saturated rings. The third kappa shape index (κ3) is 4.60. The average molecular weight is 376 g/mol. The monoisotopic (exact) mass is 375 g/mol. The van der Waals surface area contributed by atoms with Gasteiger partial charge in [-0.2, -0.15) is 0 Å². The first-order chi connectivity index (χ1) is 12.5. The number of thioether (sulfide) groups is 1. The van der Waals surface area contributed by atoms with Crippen LogP contribution in [0, 0.1) is 5.41 Å². The van der Waals surface area contributed by atoms with Gasteiger partial charge in [-0.25, -0.2) is 0 Å². The smallest absolute Gasteiger partial charge is 0.254 e. The quantitative estimate of drug-likeness (QED) is 0.777. The summed E-state index contributed by atoms with van der Waals surface area (Å²) in [5.41, 5.74) is 1.12. The average Bonchev–Trinajstić information content (AvgIpc) is 3.08. The number of carbonyl (C=O) groups is 2. The molecule has 0 aliphatic carbocycles. The molecule has 0 aromatic heterocycles. The lowest BCUT2D eigenvalue weighted by Crippen LogP contribution is -2.44. The Morgan fingerprint density at radius 1 is 1.23 bits per heavy atom. The molecule has 3 rings (SSSR count). The van der Waals surface area contributed by atoms with Gasteiger partial charge in [-0.1, -0.05) is 12.1 Å². The summed E-state index contributed by atoms with van der Waals surface area (Å²) in [6, 6.07) is 7.78. The number of hydrogen-bond donors (Lipinski definition) is 2. The number of benzene rings is 1. The maximum absolute atomic E-state index is 13.0. The van der Waals surface area contributed by atoms with Crippen LogP contribution >= 0.6 is 11.8 Å². The number of nitrogens with one attached hydrogen (secondary N) is 2. The van der Waals surface area contributed by atoms with Gasteiger partial charge in [0.05, 0.1) is 11.3 Å². The molecule has 1 spiro atoms. The van der Waals surface area contributed by atoms with Gasteiger partial charge in [0.2, 0.25) is 5.91 Å². The number of rotatable bonds is 5. The maximum Gasteiger partial charge on any atom is 0.254 e. The Hall–Kier alpha value is -1.53. The minimum Gasteiger partial charge on any atom is -0.353 e. The van der Waals surface area contributed by atoms with E-state index in [1.54, 1.807) is 0 Å². The number of piperidine rings is 1. The second-order valence-corrected chi connectivity index (χ2v) is 8.74. The predicted octanol–water partition coefficient (Wildman–Crippen LogP) is 2.52. The van der Waals surface area contributed by atoms with E-state index in [2.05, 4.69) is 10.6 Å². The van der Waals surface area contributed by atoms with Crippen LogP contribution in [0.25, 0.3) is 0 Å². The molecule has 0 radical (unpaired) electrons. The van der Waals surface area contributed by atoms with Gasteiger partial charge in [-0.3, -0.25) is 9.59 Å². The van der Waals surface area contributed by atoms with Crippen LogP contribution in [0.4, 0.5) is 0 Å². The molecule has 0 saturated carbocycles. The van der Waals surface area contributed by atoms with E-state index in [0.29, 0.717) is 11.2 Å². The summed E-state index contributed by atoms with van der Waals surface area (Å²) in [6.45, 7) is 7.74. The molecule has 2 heterocycles. The van der Waals surface area contributed by atoms with E-state index < -0.39 is 0 Å². The summed E-state index contributed by atoms with van der Waals surface area (Å²) in [5.74, 6) is 0.427. The van der Waals surface area contributed by atoms with E-state index in [9.17, 15) is 9.59 Å². The standard InChI is InChI=1S/C20H29N3O2S/c1-15(2)22-18(24)13-26-17-6-4-3-5-16(17)19(25)23-11-8-20(9-12-23)7-10-21-14-20/h3-6,15,21H,7-14H2,1-2H3,(H,22,24). The van der Waals surface area contributed by atoms with Gasteiger partial charge >= 0.3 is 0 Å². The Morgan fingerprint density at radius 3 is 2.62 bits per heavy atom. The molecule has 1 aromatic carbocycles. The molecule has 0 atom stereocenters. The van der Waals surface area contributed by atoms with Crippen molar-refractivity contribution in [1.29, 1.82) is 0 Å². The highest BCUT2D eigenvalue weighted by atomic mass is 32.2. The number of nitrogens with zero attached hydrogens (tertiary/aromatic N) is 1. The SMILES string of the molecule is CC(C)NC(=O)CSc1ccccc1C(=O)N1CCC2(CCNC2)CC1. The minimum atomic E-state index is 0.000833. The summed E-state index contributed by atoms with van der Waals surface area (Å²) in [6.07, 6.45) is 3.39. The third-order valence-electron chi connectivity index (χ3n) is 5.37. The van der Waals surface area contributed by atoms with Gasteiger partial charge in [0.25, 0.3) is 5.91 Å². The molecule has 26 heavy (non-hydrogen) atoms. The van der Waals surface area contributed by atoms with Crippen LogP contribution in [0.3, 0.4) is 0 Å². The zero-order valence-corrected chi connectivity index (χ0v) is 16.5. The van der Waals surface area contributed by atoms with Crippen LogP contribution in [0.1, 0.15) is 43.5 Å². The zero-order valence-electron chi connectivity index (χ0n) is 15.7. The largest absolute Gasteiger partial charge is 0.353 e. The van der Waals surface area contributed by atoms with Crippen molar-refractivity contribution in [1.82, 2.24) is 15.5 Å². The van der Waals surface area contributed by atoms with Crippen molar-refractivity contribution >= 4 is 23.6 Å². The van der Waals surface area contributed by atoms with Crippen molar-refractivity contribution in [2.24, 2.45) is 5.41 Å². The summed E-state index contributed by atoms with van der Waals surface area (Å²) < 4.78 is 0. The lowest BCUT2D eigenvalue weighted by atomic mass is 9.78. The summed E-state index contributed by atoms with van der Waals surface area (Å²) in [4.78, 5) is 27.8. The number of amides is 2. The van der Waals surface area contributed by atoms with Crippen LogP contribution < -0.4 is 10.6 Å². The Morgan fingerprint density at radius 2 is 1.96 bits per heavy atom. The molecule has 2 amide bonds. The van der Waals surface area contributed by atoms with Crippen LogP contribution in [0.2, 0.25) is 0 Å². The van der Waals surface area contributed by atoms with Gasteiger partial charge in [0.1, 0.15) is 0 Å². The first-order valence-corrected chi connectivity index (χ1v) is 10.5. The van der Waals surface area contributed by atoms with Crippen LogP contribution in [-0.4, -0.2) is 54.7 Å². The Kier molecular flexibility index (Phi) is 6.24. The van der Waals surface area contributed by atoms with Crippen molar-refractivity contribution in [2.75, 3.05) is 31.9 Å². The van der Waals surface area contributed by atoms with Gasteiger partial charge in [0.15, 0.2) is 0 Å². The van der Waals surface area contributed by atoms with E-state index in [-0.39, 0.29) is 17.9 Å². The van der Waals surface area contributed by atoms with Crippen LogP contribution in [-0.2, 0) is 4.79 Å². The molecule has 6 heteroatoms. The van der Waals surface area contributed by atoms with Crippen LogP contribution in [0.5, 0.6) is 0 Å². The summed E-state index contributed by atoms with van der Waals surface area (Å²) >= 11 is 1.44. The first kappa shape index (κ1) is 19.2. The van der Waals surface area contributed by atoms with Crippen molar-refractivity contribution in [3.8, 4) is 0 Å². The van der Waals surface area contributed by atoms with Gasteiger partial charge < -0.3 is 15.5 Å². The second-order valence-electron chi connectivity index (χ2n) is 7.73. The van der Waals surface area contributed by atoms with Gasteiger partial charge in [-0.05, 0) is 57.2 Å². The lowest BCUT2D eigenvalue weighted by molar-refractivity contribution is -0.119. The van der Waals surface area contributed by atoms with E-state index in [0.717, 1.165) is 49.5 Å². The molecule has 0 bridgehead atoms. The highest BCUT2D eigenvalue weighted by Gasteiger charge is 2.38. The topological polar surface area (TPSA) is 61.4 Å². The molecular weight excluding hydrogens is 346 g/mol. The van der Waals surface area contributed by atoms with Crippen molar-refractivity contribution in [2.45, 2.75) is 44.0 Å². The maximum atomic E-state index is 13.0. The Bertz CT molecular complexity index is 646. The van der Waals surface area contributed by atoms with Crippen molar-refractivity contribution < 1.29 is 9.59 Å². The van der Waals surface area contributed by atoms with Gasteiger partial charge in [0, 0.05) is 30.6 Å². The van der Waals surface area contributed by atoms with Crippen LogP contribution in [0.15, 0.2) is 29.2 Å². The fourth-order valence-corrected chi connectivity index (χ4v) is 4.71. The molecule has 142 valence electrons. The number of likely N-dealkylation sites (tertiary alicyclic amines) is 1. The molecule has 2 aliphatic rings. The second kappa shape index (κ2) is 8.44.